The molecule has 24 heavy (non-hydrogen) atoms. The Morgan fingerprint density at radius 2 is 2.17 bits per heavy atom. The summed E-state index contributed by atoms with van der Waals surface area (Å²) in [4.78, 5) is 19.4. The van der Waals surface area contributed by atoms with Crippen LogP contribution in [0.15, 0.2) is 10.6 Å². The van der Waals surface area contributed by atoms with Gasteiger partial charge in [-0.15, -0.1) is 0 Å². The van der Waals surface area contributed by atoms with E-state index < -0.39 is 0 Å². The van der Waals surface area contributed by atoms with Crippen LogP contribution in [0.1, 0.15) is 41.5 Å². The van der Waals surface area contributed by atoms with Crippen molar-refractivity contribution in [3.05, 3.63) is 23.0 Å². The van der Waals surface area contributed by atoms with E-state index >= 15 is 0 Å². The molecule has 2 N–H and O–H groups in total. The summed E-state index contributed by atoms with van der Waals surface area (Å²) in [6.07, 6.45) is 0. The molecule has 1 aliphatic heterocycles. The molecule has 130 valence electrons. The Balaban J connectivity index is 1.74. The van der Waals surface area contributed by atoms with Crippen molar-refractivity contribution in [3.63, 3.8) is 0 Å². The molecule has 0 radical (unpaired) electrons. The van der Waals surface area contributed by atoms with Gasteiger partial charge in [0.1, 0.15) is 0 Å². The van der Waals surface area contributed by atoms with E-state index in [9.17, 15) is 4.79 Å². The summed E-state index contributed by atoms with van der Waals surface area (Å²) in [5.41, 5.74) is 2.57. The first-order valence-corrected chi connectivity index (χ1v) is 8.54. The van der Waals surface area contributed by atoms with Crippen LogP contribution in [-0.2, 0) is 0 Å². The van der Waals surface area contributed by atoms with Gasteiger partial charge in [-0.05, 0) is 18.9 Å². The first-order chi connectivity index (χ1) is 11.6. The lowest BCUT2D eigenvalue weighted by Crippen LogP contribution is -2.46. The topological polar surface area (TPSA) is 83.3 Å². The van der Waals surface area contributed by atoms with E-state index in [0.717, 1.165) is 49.5 Å². The maximum atomic E-state index is 12.7. The Kier molecular flexibility index (Phi) is 5.11. The maximum Gasteiger partial charge on any atom is 0.259 e. The fourth-order valence-corrected chi connectivity index (χ4v) is 3.03. The molecule has 1 fully saturated rings. The second-order valence-corrected chi connectivity index (χ2v) is 6.56. The zero-order chi connectivity index (χ0) is 17.1. The van der Waals surface area contributed by atoms with Crippen LogP contribution in [0.3, 0.4) is 0 Å². The first-order valence-electron chi connectivity index (χ1n) is 8.54. The highest BCUT2D eigenvalue weighted by Crippen LogP contribution is 2.27. The molecule has 2 aromatic rings. The summed E-state index contributed by atoms with van der Waals surface area (Å²) >= 11 is 0. The van der Waals surface area contributed by atoms with Crippen molar-refractivity contribution in [2.24, 2.45) is 0 Å². The fourth-order valence-electron chi connectivity index (χ4n) is 3.03. The van der Waals surface area contributed by atoms with Gasteiger partial charge in [-0.25, -0.2) is 4.98 Å². The van der Waals surface area contributed by atoms with E-state index in [0.29, 0.717) is 17.8 Å². The number of aromatic nitrogens is 2. The Labute approximate surface area is 141 Å². The van der Waals surface area contributed by atoms with Gasteiger partial charge < -0.3 is 15.2 Å². The average molecular weight is 331 g/mol. The van der Waals surface area contributed by atoms with Crippen molar-refractivity contribution in [1.29, 1.82) is 0 Å². The van der Waals surface area contributed by atoms with E-state index in [-0.39, 0.29) is 11.8 Å². The van der Waals surface area contributed by atoms with E-state index in [4.69, 9.17) is 4.52 Å². The Morgan fingerprint density at radius 3 is 2.88 bits per heavy atom. The van der Waals surface area contributed by atoms with Crippen LogP contribution in [0.25, 0.3) is 11.1 Å². The highest BCUT2D eigenvalue weighted by molar-refractivity contribution is 6.06. The number of carbonyl (C=O) groups is 1. The Bertz CT molecular complexity index is 719. The molecule has 0 spiro atoms. The van der Waals surface area contributed by atoms with Gasteiger partial charge in [-0.3, -0.25) is 9.69 Å². The number of piperazine rings is 1. The van der Waals surface area contributed by atoms with E-state index in [1.807, 2.05) is 26.8 Å². The molecule has 1 aliphatic rings. The molecule has 0 aromatic carbocycles. The third-order valence-electron chi connectivity index (χ3n) is 4.32. The van der Waals surface area contributed by atoms with Crippen molar-refractivity contribution in [2.45, 2.75) is 26.7 Å². The summed E-state index contributed by atoms with van der Waals surface area (Å²) < 4.78 is 5.33. The standard InChI is InChI=1S/C17H25N5O2/c1-11(2)15-14-13(10-12(3)20-17(14)24-21-15)16(23)19-6-9-22-7-4-18-5-8-22/h10-11,18H,4-9H2,1-3H3,(H,19,23). The predicted molar refractivity (Wildman–Crippen MR) is 92.3 cm³/mol. The monoisotopic (exact) mass is 331 g/mol. The molecule has 7 heteroatoms. The number of hydrogen-bond donors (Lipinski definition) is 2. The van der Waals surface area contributed by atoms with E-state index in [1.165, 1.54) is 0 Å². The number of rotatable bonds is 5. The molecule has 2 aromatic heterocycles. The van der Waals surface area contributed by atoms with Gasteiger partial charge in [-0.2, -0.15) is 0 Å². The van der Waals surface area contributed by atoms with Crippen molar-refractivity contribution >= 4 is 17.0 Å². The molecule has 7 nitrogen and oxygen atoms in total. The molecule has 0 saturated carbocycles. The number of aryl methyl sites for hydroxylation is 1. The molecule has 3 rings (SSSR count). The fraction of sp³-hybridized carbons (Fsp3) is 0.588. The summed E-state index contributed by atoms with van der Waals surface area (Å²) in [5.74, 6) is 0.0777. The van der Waals surface area contributed by atoms with Crippen molar-refractivity contribution in [2.75, 3.05) is 39.3 Å². The molecule has 1 amide bonds. The van der Waals surface area contributed by atoms with Crippen LogP contribution in [-0.4, -0.2) is 60.2 Å². The van der Waals surface area contributed by atoms with Crippen LogP contribution >= 0.6 is 0 Å². The normalized spacial score (nSPS) is 16.0. The van der Waals surface area contributed by atoms with Gasteiger partial charge >= 0.3 is 0 Å². The summed E-state index contributed by atoms with van der Waals surface area (Å²) in [6, 6.07) is 1.81. The highest BCUT2D eigenvalue weighted by atomic mass is 16.5. The number of nitrogens with zero attached hydrogens (tertiary/aromatic N) is 3. The SMILES string of the molecule is Cc1cc(C(=O)NCCN2CCNCC2)c2c(C(C)C)noc2n1. The number of fused-ring (bicyclic) bond motifs is 1. The van der Waals surface area contributed by atoms with Crippen LogP contribution in [0.2, 0.25) is 0 Å². The van der Waals surface area contributed by atoms with Crippen molar-refractivity contribution < 1.29 is 9.32 Å². The molecular weight excluding hydrogens is 306 g/mol. The number of hydrogen-bond acceptors (Lipinski definition) is 6. The quantitative estimate of drug-likeness (QED) is 0.859. The maximum absolute atomic E-state index is 12.7. The smallest absolute Gasteiger partial charge is 0.259 e. The van der Waals surface area contributed by atoms with E-state index in [2.05, 4.69) is 25.7 Å². The van der Waals surface area contributed by atoms with Crippen molar-refractivity contribution in [1.82, 2.24) is 25.7 Å². The number of nitrogens with one attached hydrogen (secondary N) is 2. The minimum Gasteiger partial charge on any atom is -0.351 e. The molecule has 1 saturated heterocycles. The number of carbonyl (C=O) groups excluding carboxylic acids is 1. The lowest BCUT2D eigenvalue weighted by atomic mass is 10.0. The average Bonchev–Trinajstić information content (AvgIpc) is 2.98. The Hall–Kier alpha value is -1.99. The highest BCUT2D eigenvalue weighted by Gasteiger charge is 2.21. The molecular formula is C17H25N5O2. The number of pyridine rings is 1. The zero-order valence-electron chi connectivity index (χ0n) is 14.6. The molecule has 3 heterocycles. The summed E-state index contributed by atoms with van der Waals surface area (Å²) in [5, 5.41) is 11.2. The largest absolute Gasteiger partial charge is 0.351 e. The van der Waals surface area contributed by atoms with Gasteiger partial charge in [0.25, 0.3) is 11.6 Å². The number of amides is 1. The van der Waals surface area contributed by atoms with Gasteiger partial charge in [-0.1, -0.05) is 19.0 Å². The van der Waals surface area contributed by atoms with Crippen molar-refractivity contribution in [3.8, 4) is 0 Å². The first kappa shape index (κ1) is 16.9. The molecule has 0 aliphatic carbocycles. The molecule has 0 unspecified atom stereocenters. The van der Waals surface area contributed by atoms with Gasteiger partial charge in [0, 0.05) is 45.0 Å². The lowest BCUT2D eigenvalue weighted by molar-refractivity contribution is 0.0948. The molecule has 0 bridgehead atoms. The second kappa shape index (κ2) is 7.27. The minimum atomic E-state index is -0.0919. The van der Waals surface area contributed by atoms with Gasteiger partial charge in [0.15, 0.2) is 0 Å². The second-order valence-electron chi connectivity index (χ2n) is 6.56. The minimum absolute atomic E-state index is 0.0919. The third kappa shape index (κ3) is 3.57. The zero-order valence-corrected chi connectivity index (χ0v) is 14.6. The summed E-state index contributed by atoms with van der Waals surface area (Å²) in [6.45, 7) is 11.5. The Morgan fingerprint density at radius 1 is 1.42 bits per heavy atom. The van der Waals surface area contributed by atoms with Gasteiger partial charge in [0.05, 0.1) is 16.6 Å². The third-order valence-corrected chi connectivity index (χ3v) is 4.32. The van der Waals surface area contributed by atoms with Crippen LogP contribution in [0.5, 0.6) is 0 Å². The van der Waals surface area contributed by atoms with Gasteiger partial charge in [0.2, 0.25) is 0 Å². The van der Waals surface area contributed by atoms with E-state index in [1.54, 1.807) is 0 Å². The lowest BCUT2D eigenvalue weighted by Gasteiger charge is -2.27. The predicted octanol–water partition coefficient (Wildman–Crippen LogP) is 1.29. The van der Waals surface area contributed by atoms with Crippen LogP contribution in [0.4, 0.5) is 0 Å². The van der Waals surface area contributed by atoms with Crippen LogP contribution in [0, 0.1) is 6.92 Å². The summed E-state index contributed by atoms with van der Waals surface area (Å²) in [7, 11) is 0. The van der Waals surface area contributed by atoms with Crippen LogP contribution < -0.4 is 10.6 Å². The molecule has 0 atom stereocenters.